The molecule has 6 nitrogen and oxygen atoms in total. The number of hydrogen-bond donors (Lipinski definition) is 1. The molecule has 0 saturated carbocycles. The maximum absolute atomic E-state index is 12.7. The van der Waals surface area contributed by atoms with Crippen LogP contribution in [0.5, 0.6) is 11.5 Å². The van der Waals surface area contributed by atoms with Gasteiger partial charge in [0.2, 0.25) is 0 Å². The monoisotopic (exact) mass is 405 g/mol. The van der Waals surface area contributed by atoms with Gasteiger partial charge in [0.1, 0.15) is 5.75 Å². The Morgan fingerprint density at radius 2 is 1.66 bits per heavy atom. The third-order valence-electron chi connectivity index (χ3n) is 4.11. The van der Waals surface area contributed by atoms with Gasteiger partial charge in [-0.25, -0.2) is 0 Å². The Balaban J connectivity index is 1.52. The van der Waals surface area contributed by atoms with Crippen LogP contribution in [0, 0.1) is 6.92 Å². The summed E-state index contributed by atoms with van der Waals surface area (Å²) in [7, 11) is 0. The molecule has 144 valence electrons. The molecule has 0 atom stereocenters. The lowest BCUT2D eigenvalue weighted by Crippen LogP contribution is -2.12. The lowest BCUT2D eigenvalue weighted by Gasteiger charge is -2.13. The number of ether oxygens (including phenoxy) is 1. The van der Waals surface area contributed by atoms with Gasteiger partial charge in [0.05, 0.1) is 10.7 Å². The van der Waals surface area contributed by atoms with E-state index in [-0.39, 0.29) is 5.91 Å². The fourth-order valence-corrected chi connectivity index (χ4v) is 2.85. The molecule has 0 aliphatic heterocycles. The highest BCUT2D eigenvalue weighted by Gasteiger charge is 2.13. The van der Waals surface area contributed by atoms with E-state index in [1.807, 2.05) is 24.3 Å². The van der Waals surface area contributed by atoms with Crippen LogP contribution >= 0.6 is 11.6 Å². The average Bonchev–Trinajstić information content (AvgIpc) is 3.17. The molecule has 0 bridgehead atoms. The first-order valence-electron chi connectivity index (χ1n) is 8.83. The summed E-state index contributed by atoms with van der Waals surface area (Å²) in [6.45, 7) is 1.75. The van der Waals surface area contributed by atoms with Gasteiger partial charge in [0.15, 0.2) is 11.6 Å². The van der Waals surface area contributed by atoms with E-state index < -0.39 is 0 Å². The molecule has 29 heavy (non-hydrogen) atoms. The van der Waals surface area contributed by atoms with E-state index in [1.54, 1.807) is 55.5 Å². The number of hydrogen-bond acceptors (Lipinski definition) is 5. The average molecular weight is 406 g/mol. The Morgan fingerprint density at radius 1 is 0.966 bits per heavy atom. The van der Waals surface area contributed by atoms with E-state index in [9.17, 15) is 4.79 Å². The molecule has 1 aromatic heterocycles. The number of aromatic nitrogens is 2. The van der Waals surface area contributed by atoms with Crippen LogP contribution in [0.2, 0.25) is 5.02 Å². The Hall–Kier alpha value is -3.64. The normalized spacial score (nSPS) is 10.6. The van der Waals surface area contributed by atoms with Crippen molar-refractivity contribution in [3.05, 3.63) is 89.2 Å². The molecule has 0 unspecified atom stereocenters. The molecule has 1 N–H and O–H groups in total. The topological polar surface area (TPSA) is 77.2 Å². The Labute approximate surface area is 172 Å². The van der Waals surface area contributed by atoms with Gasteiger partial charge in [-0.3, -0.25) is 4.79 Å². The van der Waals surface area contributed by atoms with Crippen molar-refractivity contribution in [1.82, 2.24) is 10.1 Å². The lowest BCUT2D eigenvalue weighted by molar-refractivity contribution is 0.102. The van der Waals surface area contributed by atoms with Crippen LogP contribution in [0.1, 0.15) is 16.2 Å². The standard InChI is InChI=1S/C22H16ClN3O3/c1-14-24-22(29-26-14)16-12-10-15(11-13-16)21(27)25-18-7-3-5-9-20(18)28-19-8-4-2-6-17(19)23/h2-13H,1H3,(H,25,27). The quantitative estimate of drug-likeness (QED) is 0.458. The summed E-state index contributed by atoms with van der Waals surface area (Å²) < 4.78 is 11.0. The van der Waals surface area contributed by atoms with E-state index in [2.05, 4.69) is 15.5 Å². The second-order valence-electron chi connectivity index (χ2n) is 6.21. The molecular weight excluding hydrogens is 390 g/mol. The molecule has 4 aromatic rings. The highest BCUT2D eigenvalue weighted by atomic mass is 35.5. The van der Waals surface area contributed by atoms with Gasteiger partial charge in [-0.2, -0.15) is 4.98 Å². The van der Waals surface area contributed by atoms with E-state index in [0.717, 1.165) is 5.56 Å². The maximum atomic E-state index is 12.7. The third-order valence-corrected chi connectivity index (χ3v) is 4.43. The molecule has 0 saturated heterocycles. The second-order valence-corrected chi connectivity index (χ2v) is 6.61. The fourth-order valence-electron chi connectivity index (χ4n) is 2.68. The van der Waals surface area contributed by atoms with Crippen molar-refractivity contribution in [2.45, 2.75) is 6.92 Å². The number of para-hydroxylation sites is 3. The summed E-state index contributed by atoms with van der Waals surface area (Å²) in [4.78, 5) is 16.9. The Bertz CT molecular complexity index is 1160. The number of benzene rings is 3. The Morgan fingerprint density at radius 3 is 2.34 bits per heavy atom. The summed E-state index contributed by atoms with van der Waals surface area (Å²) in [5, 5.41) is 7.13. The summed E-state index contributed by atoms with van der Waals surface area (Å²) in [6, 6.07) is 21.2. The van der Waals surface area contributed by atoms with Crippen molar-refractivity contribution in [3.63, 3.8) is 0 Å². The van der Waals surface area contributed by atoms with Crippen molar-refractivity contribution in [1.29, 1.82) is 0 Å². The number of nitrogens with zero attached hydrogens (tertiary/aromatic N) is 2. The second kappa shape index (κ2) is 8.16. The molecule has 1 heterocycles. The zero-order valence-corrected chi connectivity index (χ0v) is 16.2. The zero-order chi connectivity index (χ0) is 20.2. The predicted molar refractivity (Wildman–Crippen MR) is 110 cm³/mol. The van der Waals surface area contributed by atoms with E-state index in [1.165, 1.54) is 0 Å². The first-order chi connectivity index (χ1) is 14.1. The van der Waals surface area contributed by atoms with E-state index >= 15 is 0 Å². The van der Waals surface area contributed by atoms with E-state index in [4.69, 9.17) is 20.9 Å². The molecule has 0 spiro atoms. The van der Waals surface area contributed by atoms with Gasteiger partial charge in [-0.05, 0) is 55.5 Å². The highest BCUT2D eigenvalue weighted by Crippen LogP contribution is 2.33. The molecule has 3 aromatic carbocycles. The van der Waals surface area contributed by atoms with Gasteiger partial charge in [-0.1, -0.05) is 41.0 Å². The SMILES string of the molecule is Cc1noc(-c2ccc(C(=O)Nc3ccccc3Oc3ccccc3Cl)cc2)n1. The van der Waals surface area contributed by atoms with Gasteiger partial charge in [0.25, 0.3) is 11.8 Å². The van der Waals surface area contributed by atoms with Crippen LogP contribution in [-0.2, 0) is 0 Å². The minimum atomic E-state index is -0.270. The van der Waals surface area contributed by atoms with Crippen molar-refractivity contribution < 1.29 is 14.1 Å². The van der Waals surface area contributed by atoms with Crippen LogP contribution < -0.4 is 10.1 Å². The maximum Gasteiger partial charge on any atom is 0.257 e. The third kappa shape index (κ3) is 4.28. The van der Waals surface area contributed by atoms with Crippen LogP contribution in [0.25, 0.3) is 11.5 Å². The largest absolute Gasteiger partial charge is 0.454 e. The first-order valence-corrected chi connectivity index (χ1v) is 9.21. The number of halogens is 1. The van der Waals surface area contributed by atoms with Crippen molar-refractivity contribution in [3.8, 4) is 23.0 Å². The summed E-state index contributed by atoms with van der Waals surface area (Å²) in [5.41, 5.74) is 1.76. The highest BCUT2D eigenvalue weighted by molar-refractivity contribution is 6.32. The van der Waals surface area contributed by atoms with Gasteiger partial charge in [0, 0.05) is 11.1 Å². The molecule has 0 radical (unpaired) electrons. The molecule has 0 aliphatic carbocycles. The van der Waals surface area contributed by atoms with Crippen LogP contribution in [-0.4, -0.2) is 16.0 Å². The first kappa shape index (κ1) is 18.7. The van der Waals surface area contributed by atoms with Crippen molar-refractivity contribution in [2.75, 3.05) is 5.32 Å². The number of anilines is 1. The number of nitrogens with one attached hydrogen (secondary N) is 1. The predicted octanol–water partition coefficient (Wildman–Crippen LogP) is 5.74. The Kier molecular flexibility index (Phi) is 5.27. The molecule has 7 heteroatoms. The number of carbonyl (C=O) groups excluding carboxylic acids is 1. The number of aryl methyl sites for hydroxylation is 1. The molecule has 0 aliphatic rings. The lowest BCUT2D eigenvalue weighted by atomic mass is 10.1. The summed E-state index contributed by atoms with van der Waals surface area (Å²) >= 11 is 6.17. The minimum Gasteiger partial charge on any atom is -0.454 e. The van der Waals surface area contributed by atoms with Gasteiger partial charge in [-0.15, -0.1) is 0 Å². The number of carbonyl (C=O) groups is 1. The van der Waals surface area contributed by atoms with E-state index in [0.29, 0.717) is 39.5 Å². The molecule has 0 fully saturated rings. The van der Waals surface area contributed by atoms with Crippen LogP contribution in [0.4, 0.5) is 5.69 Å². The van der Waals surface area contributed by atoms with Crippen molar-refractivity contribution >= 4 is 23.2 Å². The smallest absolute Gasteiger partial charge is 0.257 e. The summed E-state index contributed by atoms with van der Waals surface area (Å²) in [5.74, 6) is 1.69. The zero-order valence-electron chi connectivity index (χ0n) is 15.4. The minimum absolute atomic E-state index is 0.270. The van der Waals surface area contributed by atoms with Crippen LogP contribution in [0.3, 0.4) is 0 Å². The molecular formula is C22H16ClN3O3. The van der Waals surface area contributed by atoms with Gasteiger partial charge >= 0.3 is 0 Å². The van der Waals surface area contributed by atoms with Crippen LogP contribution in [0.15, 0.2) is 77.3 Å². The number of amides is 1. The van der Waals surface area contributed by atoms with Gasteiger partial charge < -0.3 is 14.6 Å². The summed E-state index contributed by atoms with van der Waals surface area (Å²) in [6.07, 6.45) is 0. The van der Waals surface area contributed by atoms with Crippen molar-refractivity contribution in [2.24, 2.45) is 0 Å². The fraction of sp³-hybridized carbons (Fsp3) is 0.0455. The molecule has 1 amide bonds. The molecule has 4 rings (SSSR count). The number of rotatable bonds is 5.